The van der Waals surface area contributed by atoms with Crippen molar-refractivity contribution in [2.75, 3.05) is 13.1 Å². The molecule has 1 aromatic rings. The van der Waals surface area contributed by atoms with Gasteiger partial charge in [0, 0.05) is 6.54 Å². The molecule has 1 aromatic carbocycles. The fourth-order valence-electron chi connectivity index (χ4n) is 1.12. The van der Waals surface area contributed by atoms with Gasteiger partial charge in [-0.1, -0.05) is 49.4 Å². The van der Waals surface area contributed by atoms with Crippen LogP contribution in [0.1, 0.15) is 18.9 Å². The molecule has 0 aromatic heterocycles. The molecule has 0 saturated carbocycles. The molecule has 0 aliphatic carbocycles. The van der Waals surface area contributed by atoms with E-state index in [-0.39, 0.29) is 12.4 Å². The van der Waals surface area contributed by atoms with Gasteiger partial charge >= 0.3 is 0 Å². The molecule has 0 amide bonds. The molecule has 0 aliphatic heterocycles. The van der Waals surface area contributed by atoms with Crippen LogP contribution < -0.4 is 5.32 Å². The Morgan fingerprint density at radius 1 is 1.21 bits per heavy atom. The Hall–Kier alpha value is -0.790. The Morgan fingerprint density at radius 3 is 2.57 bits per heavy atom. The van der Waals surface area contributed by atoms with Crippen LogP contribution in [-0.2, 0) is 0 Å². The van der Waals surface area contributed by atoms with E-state index < -0.39 is 0 Å². The Kier molecular flexibility index (Phi) is 8.30. The predicted octanol–water partition coefficient (Wildman–Crippen LogP) is 3.12. The summed E-state index contributed by atoms with van der Waals surface area (Å²) in [6, 6.07) is 10.4. The quantitative estimate of drug-likeness (QED) is 0.738. The number of hydrogen-bond donors (Lipinski definition) is 1. The third kappa shape index (κ3) is 5.79. The van der Waals surface area contributed by atoms with Crippen molar-refractivity contribution in [1.82, 2.24) is 5.32 Å². The molecule has 0 unspecified atom stereocenters. The maximum Gasteiger partial charge on any atom is 0.0138 e. The van der Waals surface area contributed by atoms with E-state index in [0.717, 1.165) is 13.1 Å². The number of rotatable bonds is 5. The fourth-order valence-corrected chi connectivity index (χ4v) is 1.12. The molecule has 0 aliphatic rings. The van der Waals surface area contributed by atoms with E-state index in [0.29, 0.717) is 0 Å². The van der Waals surface area contributed by atoms with Crippen molar-refractivity contribution in [3.63, 3.8) is 0 Å². The lowest BCUT2D eigenvalue weighted by molar-refractivity contribution is 0.730. The molecule has 1 nitrogen and oxygen atoms in total. The Morgan fingerprint density at radius 2 is 1.93 bits per heavy atom. The predicted molar refractivity (Wildman–Crippen MR) is 65.9 cm³/mol. The van der Waals surface area contributed by atoms with Crippen LogP contribution >= 0.6 is 12.4 Å². The van der Waals surface area contributed by atoms with E-state index in [2.05, 4.69) is 48.7 Å². The van der Waals surface area contributed by atoms with Crippen molar-refractivity contribution in [2.45, 2.75) is 13.3 Å². The maximum absolute atomic E-state index is 3.32. The van der Waals surface area contributed by atoms with Gasteiger partial charge in [0.05, 0.1) is 0 Å². The molecule has 0 bridgehead atoms. The Labute approximate surface area is 92.6 Å². The molecule has 0 fully saturated rings. The van der Waals surface area contributed by atoms with Crippen LogP contribution in [-0.4, -0.2) is 13.1 Å². The fraction of sp³-hybridized carbons (Fsp3) is 0.333. The highest BCUT2D eigenvalue weighted by atomic mass is 35.5. The first-order valence-electron chi connectivity index (χ1n) is 4.86. The molecule has 78 valence electrons. The standard InChI is InChI=1S/C12H17N.ClH/c1-2-10-13-11-6-9-12-7-4-3-5-8-12;/h3-9,13H,2,10-11H2,1H3;1H/b9-6+;. The first-order chi connectivity index (χ1) is 6.43. The minimum Gasteiger partial charge on any atom is -0.313 e. The summed E-state index contributed by atoms with van der Waals surface area (Å²) in [4.78, 5) is 0. The van der Waals surface area contributed by atoms with E-state index >= 15 is 0 Å². The van der Waals surface area contributed by atoms with Gasteiger partial charge in [-0.2, -0.15) is 0 Å². The first-order valence-corrected chi connectivity index (χ1v) is 4.86. The molecule has 1 N–H and O–H groups in total. The molecule has 0 saturated heterocycles. The van der Waals surface area contributed by atoms with Gasteiger partial charge in [0.2, 0.25) is 0 Å². The van der Waals surface area contributed by atoms with Gasteiger partial charge < -0.3 is 5.32 Å². The summed E-state index contributed by atoms with van der Waals surface area (Å²) in [5.41, 5.74) is 1.26. The second kappa shape index (κ2) is 8.79. The van der Waals surface area contributed by atoms with Gasteiger partial charge in [-0.15, -0.1) is 12.4 Å². The summed E-state index contributed by atoms with van der Waals surface area (Å²) in [5.74, 6) is 0. The van der Waals surface area contributed by atoms with Crippen molar-refractivity contribution in [3.05, 3.63) is 42.0 Å². The van der Waals surface area contributed by atoms with Crippen molar-refractivity contribution >= 4 is 18.5 Å². The second-order valence-electron chi connectivity index (χ2n) is 3.02. The van der Waals surface area contributed by atoms with Crippen LogP contribution in [0.2, 0.25) is 0 Å². The summed E-state index contributed by atoms with van der Waals surface area (Å²) >= 11 is 0. The minimum atomic E-state index is 0. The molecule has 0 atom stereocenters. The summed E-state index contributed by atoms with van der Waals surface area (Å²) in [5, 5.41) is 3.32. The molecule has 14 heavy (non-hydrogen) atoms. The molecule has 0 heterocycles. The van der Waals surface area contributed by atoms with Gasteiger partial charge in [0.1, 0.15) is 0 Å². The van der Waals surface area contributed by atoms with Crippen LogP contribution in [0.5, 0.6) is 0 Å². The number of benzene rings is 1. The molecular weight excluding hydrogens is 194 g/mol. The Balaban J connectivity index is 0.00000169. The van der Waals surface area contributed by atoms with Crippen molar-refractivity contribution < 1.29 is 0 Å². The average Bonchev–Trinajstić information content (AvgIpc) is 2.19. The normalized spacial score (nSPS) is 10.1. The van der Waals surface area contributed by atoms with E-state index in [1.54, 1.807) is 0 Å². The van der Waals surface area contributed by atoms with Crippen LogP contribution in [0.4, 0.5) is 0 Å². The number of halogens is 1. The monoisotopic (exact) mass is 211 g/mol. The van der Waals surface area contributed by atoms with Gasteiger partial charge in [-0.3, -0.25) is 0 Å². The van der Waals surface area contributed by atoms with E-state index in [4.69, 9.17) is 0 Å². The lowest BCUT2D eigenvalue weighted by Gasteiger charge is -1.96. The zero-order valence-corrected chi connectivity index (χ0v) is 9.39. The zero-order chi connectivity index (χ0) is 9.36. The molecule has 0 spiro atoms. The lowest BCUT2D eigenvalue weighted by atomic mass is 10.2. The molecular formula is C12H18ClN. The van der Waals surface area contributed by atoms with E-state index in [1.807, 2.05) is 6.07 Å². The second-order valence-corrected chi connectivity index (χ2v) is 3.02. The largest absolute Gasteiger partial charge is 0.313 e. The van der Waals surface area contributed by atoms with Crippen LogP contribution in [0, 0.1) is 0 Å². The highest BCUT2D eigenvalue weighted by Gasteiger charge is 1.82. The van der Waals surface area contributed by atoms with Crippen LogP contribution in [0.25, 0.3) is 6.08 Å². The van der Waals surface area contributed by atoms with Crippen LogP contribution in [0.3, 0.4) is 0 Å². The smallest absolute Gasteiger partial charge is 0.0138 e. The van der Waals surface area contributed by atoms with Crippen molar-refractivity contribution in [2.24, 2.45) is 0 Å². The van der Waals surface area contributed by atoms with Gasteiger partial charge in [0.25, 0.3) is 0 Å². The molecule has 1 rings (SSSR count). The Bertz CT molecular complexity index is 244. The summed E-state index contributed by atoms with van der Waals surface area (Å²) in [6.07, 6.45) is 5.49. The van der Waals surface area contributed by atoms with Gasteiger partial charge in [0.15, 0.2) is 0 Å². The molecule has 2 heteroatoms. The highest BCUT2D eigenvalue weighted by Crippen LogP contribution is 1.99. The van der Waals surface area contributed by atoms with E-state index in [1.165, 1.54) is 12.0 Å². The maximum atomic E-state index is 3.32. The minimum absolute atomic E-state index is 0. The van der Waals surface area contributed by atoms with E-state index in [9.17, 15) is 0 Å². The molecule has 0 radical (unpaired) electrons. The van der Waals surface area contributed by atoms with Crippen LogP contribution in [0.15, 0.2) is 36.4 Å². The summed E-state index contributed by atoms with van der Waals surface area (Å²) < 4.78 is 0. The topological polar surface area (TPSA) is 12.0 Å². The average molecular weight is 212 g/mol. The number of hydrogen-bond acceptors (Lipinski definition) is 1. The SMILES string of the molecule is CCCNC/C=C/c1ccccc1.Cl. The summed E-state index contributed by atoms with van der Waals surface area (Å²) in [6.45, 7) is 4.23. The van der Waals surface area contributed by atoms with Gasteiger partial charge in [-0.05, 0) is 18.5 Å². The van der Waals surface area contributed by atoms with Crippen molar-refractivity contribution in [1.29, 1.82) is 0 Å². The third-order valence-electron chi connectivity index (χ3n) is 1.80. The lowest BCUT2D eigenvalue weighted by Crippen LogP contribution is -2.13. The van der Waals surface area contributed by atoms with Crippen molar-refractivity contribution in [3.8, 4) is 0 Å². The third-order valence-corrected chi connectivity index (χ3v) is 1.80. The zero-order valence-electron chi connectivity index (χ0n) is 8.57. The summed E-state index contributed by atoms with van der Waals surface area (Å²) in [7, 11) is 0. The number of nitrogens with one attached hydrogen (secondary N) is 1. The van der Waals surface area contributed by atoms with Gasteiger partial charge in [-0.25, -0.2) is 0 Å². The first kappa shape index (κ1) is 13.2. The highest BCUT2D eigenvalue weighted by molar-refractivity contribution is 5.85.